The molecule has 1 unspecified atom stereocenters. The molecule has 1 heterocycles. The highest BCUT2D eigenvalue weighted by molar-refractivity contribution is 5.92. The number of aliphatic hydroxyl groups is 3. The summed E-state index contributed by atoms with van der Waals surface area (Å²) in [6.45, 7) is 13.6. The fraction of sp³-hybridized carbons (Fsp3) is 0.818. The SMILES string of the molecule is C=C[C@@]1(C)CC(=O)[C@]2(O)[C@@]3(C)[C@@H](O)CCC(C)(C)[C@@H]3C(O)[C@H](OC(C)=O)[C@@]2(C)O1. The van der Waals surface area contributed by atoms with Gasteiger partial charge in [-0.05, 0) is 32.1 Å². The maximum atomic E-state index is 13.6. The van der Waals surface area contributed by atoms with Crippen molar-refractivity contribution in [3.8, 4) is 0 Å². The van der Waals surface area contributed by atoms with Crippen LogP contribution in [0.15, 0.2) is 12.7 Å². The summed E-state index contributed by atoms with van der Waals surface area (Å²) >= 11 is 0. The lowest BCUT2D eigenvalue weighted by molar-refractivity contribution is -0.370. The number of carbonyl (C=O) groups excluding carboxylic acids is 2. The molecule has 3 fully saturated rings. The molecule has 0 spiro atoms. The second-order valence-electron chi connectivity index (χ2n) is 10.4. The Kier molecular flexibility index (Phi) is 4.91. The Labute approximate surface area is 172 Å². The number of Topliss-reactive ketones (excluding diaryl/α,β-unsaturated/α-hetero) is 1. The molecule has 0 aromatic rings. The molecule has 2 saturated carbocycles. The van der Waals surface area contributed by atoms with Gasteiger partial charge in [0.15, 0.2) is 17.5 Å². The third-order valence-electron chi connectivity index (χ3n) is 8.02. The number of carbonyl (C=O) groups is 2. The lowest BCUT2D eigenvalue weighted by Gasteiger charge is -2.71. The van der Waals surface area contributed by atoms with E-state index in [9.17, 15) is 24.9 Å². The Morgan fingerprint density at radius 1 is 1.24 bits per heavy atom. The predicted molar refractivity (Wildman–Crippen MR) is 105 cm³/mol. The lowest BCUT2D eigenvalue weighted by Crippen LogP contribution is -2.86. The summed E-state index contributed by atoms with van der Waals surface area (Å²) in [7, 11) is 0. The first kappa shape index (κ1) is 22.4. The highest BCUT2D eigenvalue weighted by Crippen LogP contribution is 2.66. The minimum Gasteiger partial charge on any atom is -0.457 e. The summed E-state index contributed by atoms with van der Waals surface area (Å²) in [5, 5.41) is 34.7. The van der Waals surface area contributed by atoms with Crippen molar-refractivity contribution in [1.29, 1.82) is 0 Å². The minimum atomic E-state index is -2.18. The third-order valence-corrected chi connectivity index (χ3v) is 8.02. The molecule has 0 amide bonds. The molecule has 0 aromatic carbocycles. The number of ether oxygens (including phenoxy) is 2. The maximum absolute atomic E-state index is 13.6. The van der Waals surface area contributed by atoms with E-state index in [0.29, 0.717) is 12.8 Å². The molecule has 0 bridgehead atoms. The molecular weight excluding hydrogens is 376 g/mol. The van der Waals surface area contributed by atoms with Crippen LogP contribution in [0.5, 0.6) is 0 Å². The van der Waals surface area contributed by atoms with Crippen LogP contribution in [-0.4, -0.2) is 62.2 Å². The van der Waals surface area contributed by atoms with Gasteiger partial charge in [0.1, 0.15) is 5.60 Å². The maximum Gasteiger partial charge on any atom is 0.303 e. The van der Waals surface area contributed by atoms with Crippen molar-refractivity contribution in [3.05, 3.63) is 12.7 Å². The van der Waals surface area contributed by atoms with E-state index in [0.717, 1.165) is 0 Å². The number of esters is 1. The normalized spacial score (nSPS) is 51.6. The third kappa shape index (κ3) is 2.63. The van der Waals surface area contributed by atoms with Gasteiger partial charge in [-0.2, -0.15) is 0 Å². The smallest absolute Gasteiger partial charge is 0.303 e. The molecule has 1 aliphatic heterocycles. The molecule has 1 saturated heterocycles. The number of aliphatic hydroxyl groups excluding tert-OH is 2. The Hall–Kier alpha value is -1.28. The minimum absolute atomic E-state index is 0.138. The van der Waals surface area contributed by atoms with E-state index in [1.54, 1.807) is 13.8 Å². The molecule has 2 aliphatic carbocycles. The monoisotopic (exact) mass is 410 g/mol. The predicted octanol–water partition coefficient (Wildman–Crippen LogP) is 1.52. The van der Waals surface area contributed by atoms with E-state index in [1.807, 2.05) is 13.8 Å². The Balaban J connectivity index is 2.33. The zero-order valence-electron chi connectivity index (χ0n) is 18.2. The van der Waals surface area contributed by atoms with Gasteiger partial charge >= 0.3 is 5.97 Å². The van der Waals surface area contributed by atoms with E-state index in [2.05, 4.69) is 6.58 Å². The van der Waals surface area contributed by atoms with Crippen LogP contribution >= 0.6 is 0 Å². The molecule has 0 aromatic heterocycles. The van der Waals surface area contributed by atoms with E-state index in [4.69, 9.17) is 9.47 Å². The largest absolute Gasteiger partial charge is 0.457 e. The van der Waals surface area contributed by atoms with Crippen molar-refractivity contribution in [2.45, 2.75) is 95.9 Å². The average molecular weight is 411 g/mol. The highest BCUT2D eigenvalue weighted by Gasteiger charge is 2.81. The fourth-order valence-corrected chi connectivity index (χ4v) is 6.66. The summed E-state index contributed by atoms with van der Waals surface area (Å²) in [5.41, 5.74) is -7.00. The summed E-state index contributed by atoms with van der Waals surface area (Å²) < 4.78 is 11.8. The van der Waals surface area contributed by atoms with Crippen molar-refractivity contribution in [1.82, 2.24) is 0 Å². The number of rotatable bonds is 2. The van der Waals surface area contributed by atoms with Gasteiger partial charge in [0.2, 0.25) is 0 Å². The number of fused-ring (bicyclic) bond motifs is 3. The van der Waals surface area contributed by atoms with E-state index >= 15 is 0 Å². The lowest BCUT2D eigenvalue weighted by atomic mass is 9.40. The van der Waals surface area contributed by atoms with Crippen LogP contribution in [-0.2, 0) is 19.1 Å². The van der Waals surface area contributed by atoms with Gasteiger partial charge in [-0.3, -0.25) is 9.59 Å². The first-order valence-electron chi connectivity index (χ1n) is 10.2. The first-order chi connectivity index (χ1) is 13.1. The Morgan fingerprint density at radius 3 is 2.34 bits per heavy atom. The molecule has 7 heteroatoms. The summed E-state index contributed by atoms with van der Waals surface area (Å²) in [6.07, 6.45) is -1.29. The van der Waals surface area contributed by atoms with Crippen LogP contribution in [0.4, 0.5) is 0 Å². The van der Waals surface area contributed by atoms with Crippen molar-refractivity contribution >= 4 is 11.8 Å². The van der Waals surface area contributed by atoms with Crippen LogP contribution in [0.2, 0.25) is 0 Å². The van der Waals surface area contributed by atoms with Crippen LogP contribution in [0.25, 0.3) is 0 Å². The van der Waals surface area contributed by atoms with Gasteiger partial charge in [0, 0.05) is 24.7 Å². The zero-order valence-corrected chi connectivity index (χ0v) is 18.2. The van der Waals surface area contributed by atoms with Crippen LogP contribution in [0, 0.1) is 16.7 Å². The zero-order chi connectivity index (χ0) is 22.2. The second-order valence-corrected chi connectivity index (χ2v) is 10.4. The van der Waals surface area contributed by atoms with Gasteiger partial charge in [-0.25, -0.2) is 0 Å². The first-order valence-corrected chi connectivity index (χ1v) is 10.2. The van der Waals surface area contributed by atoms with Crippen LogP contribution in [0.1, 0.15) is 60.8 Å². The second kappa shape index (κ2) is 6.36. The topological polar surface area (TPSA) is 113 Å². The fourth-order valence-electron chi connectivity index (χ4n) is 6.66. The van der Waals surface area contributed by atoms with Crippen molar-refractivity contribution in [2.24, 2.45) is 16.7 Å². The Morgan fingerprint density at radius 2 is 1.83 bits per heavy atom. The molecule has 3 aliphatic rings. The van der Waals surface area contributed by atoms with Gasteiger partial charge in [0.25, 0.3) is 0 Å². The molecular formula is C22H34O7. The van der Waals surface area contributed by atoms with Crippen molar-refractivity contribution < 1.29 is 34.4 Å². The summed E-state index contributed by atoms with van der Waals surface area (Å²) in [6, 6.07) is 0. The van der Waals surface area contributed by atoms with Gasteiger partial charge in [-0.15, -0.1) is 6.58 Å². The highest BCUT2D eigenvalue weighted by atomic mass is 16.6. The van der Waals surface area contributed by atoms with Crippen molar-refractivity contribution in [3.63, 3.8) is 0 Å². The number of ketones is 1. The average Bonchev–Trinajstić information content (AvgIpc) is 2.59. The standard InChI is InChI=1S/C22H34O7/c1-8-19(5)11-14(25)22(27)20(6)13(24)9-10-18(3,4)16(20)15(26)17(28-12(2)23)21(22,7)29-19/h8,13,15-17,24,26-27H,1,9-11H2,2-7H3/t13-,15?,16-,17-,19-,20-,21+,22-/m0/s1. The van der Waals surface area contributed by atoms with Gasteiger partial charge in [0.05, 0.1) is 17.8 Å². The molecule has 29 heavy (non-hydrogen) atoms. The van der Waals surface area contributed by atoms with Crippen LogP contribution < -0.4 is 0 Å². The molecule has 0 radical (unpaired) electrons. The van der Waals surface area contributed by atoms with Gasteiger partial charge in [-0.1, -0.05) is 26.8 Å². The van der Waals surface area contributed by atoms with E-state index < -0.39 is 63.6 Å². The van der Waals surface area contributed by atoms with Crippen LogP contribution in [0.3, 0.4) is 0 Å². The molecule has 8 atom stereocenters. The Bertz CT molecular complexity index is 747. The van der Waals surface area contributed by atoms with E-state index in [1.165, 1.54) is 19.9 Å². The number of hydrogen-bond donors (Lipinski definition) is 3. The van der Waals surface area contributed by atoms with Gasteiger partial charge < -0.3 is 24.8 Å². The number of hydrogen-bond acceptors (Lipinski definition) is 7. The van der Waals surface area contributed by atoms with E-state index in [-0.39, 0.29) is 6.42 Å². The summed E-state index contributed by atoms with van der Waals surface area (Å²) in [5.74, 6) is -1.87. The molecule has 3 rings (SSSR count). The molecule has 3 N–H and O–H groups in total. The summed E-state index contributed by atoms with van der Waals surface area (Å²) in [4.78, 5) is 25.5. The quantitative estimate of drug-likeness (QED) is 0.467. The van der Waals surface area contributed by atoms with Crippen molar-refractivity contribution in [2.75, 3.05) is 0 Å². The molecule has 7 nitrogen and oxygen atoms in total. The molecule has 164 valence electrons.